The van der Waals surface area contributed by atoms with E-state index >= 15 is 0 Å². The first kappa shape index (κ1) is 21.2. The summed E-state index contributed by atoms with van der Waals surface area (Å²) < 4.78 is 79.6. The molecular formula is C19H13ClF4N2O2S. The summed E-state index contributed by atoms with van der Waals surface area (Å²) in [5.74, 6) is -0.567. The van der Waals surface area contributed by atoms with Gasteiger partial charge in [-0.05, 0) is 42.0 Å². The lowest BCUT2D eigenvalue weighted by Gasteiger charge is -2.12. The number of nitrogens with one attached hydrogen (secondary N) is 1. The number of hydrogen-bond acceptors (Lipinski definition) is 3. The maximum atomic E-state index is 14.2. The number of alkyl halides is 3. The van der Waals surface area contributed by atoms with Crippen molar-refractivity contribution in [2.45, 2.75) is 17.6 Å². The molecule has 0 spiro atoms. The van der Waals surface area contributed by atoms with Crippen molar-refractivity contribution in [3.8, 4) is 11.1 Å². The van der Waals surface area contributed by atoms with Crippen LogP contribution in [0.1, 0.15) is 11.1 Å². The number of aromatic nitrogens is 1. The van der Waals surface area contributed by atoms with Crippen LogP contribution in [0, 0.1) is 5.82 Å². The van der Waals surface area contributed by atoms with Crippen LogP contribution in [0.3, 0.4) is 0 Å². The van der Waals surface area contributed by atoms with E-state index in [9.17, 15) is 26.0 Å². The summed E-state index contributed by atoms with van der Waals surface area (Å²) in [6.07, 6.45) is -1.88. The van der Waals surface area contributed by atoms with Crippen molar-refractivity contribution in [2.24, 2.45) is 0 Å². The van der Waals surface area contributed by atoms with Gasteiger partial charge in [-0.1, -0.05) is 23.7 Å². The molecule has 1 heterocycles. The minimum Gasteiger partial charge on any atom is -0.263 e. The number of benzene rings is 2. The first-order valence-electron chi connectivity index (χ1n) is 8.13. The maximum absolute atomic E-state index is 14.2. The summed E-state index contributed by atoms with van der Waals surface area (Å²) in [6, 6.07) is 8.84. The molecular weight excluding hydrogens is 432 g/mol. The molecule has 0 fully saturated rings. The largest absolute Gasteiger partial charge is 0.416 e. The monoisotopic (exact) mass is 444 g/mol. The van der Waals surface area contributed by atoms with Gasteiger partial charge in [-0.15, -0.1) is 0 Å². The first-order valence-corrected chi connectivity index (χ1v) is 9.99. The molecule has 1 aromatic heterocycles. The highest BCUT2D eigenvalue weighted by Crippen LogP contribution is 2.31. The molecule has 0 aliphatic heterocycles. The molecule has 2 aromatic carbocycles. The average Bonchev–Trinajstić information content (AvgIpc) is 2.67. The quantitative estimate of drug-likeness (QED) is 0.561. The fraction of sp³-hybridized carbons (Fsp3) is 0.105. The van der Waals surface area contributed by atoms with E-state index in [1.54, 1.807) is 0 Å². The predicted molar refractivity (Wildman–Crippen MR) is 100 cm³/mol. The number of hydrogen-bond donors (Lipinski definition) is 1. The third-order valence-corrected chi connectivity index (χ3v) is 5.73. The summed E-state index contributed by atoms with van der Waals surface area (Å²) in [7, 11) is -4.22. The SMILES string of the molecule is O=S(=O)(NCc1ccc(F)c(-c2ccncc2Cl)c1)c1cccc(C(F)(F)F)c1. The van der Waals surface area contributed by atoms with E-state index in [0.29, 0.717) is 17.2 Å². The van der Waals surface area contributed by atoms with Crippen LogP contribution in [0.4, 0.5) is 17.6 Å². The van der Waals surface area contributed by atoms with Crippen molar-refractivity contribution in [1.82, 2.24) is 9.71 Å². The molecule has 3 aromatic rings. The second kappa shape index (κ2) is 8.10. The lowest BCUT2D eigenvalue weighted by atomic mass is 10.0. The average molecular weight is 445 g/mol. The van der Waals surface area contributed by atoms with Gasteiger partial charge in [-0.3, -0.25) is 4.98 Å². The Bertz CT molecular complexity index is 1150. The molecule has 0 radical (unpaired) electrons. The van der Waals surface area contributed by atoms with Gasteiger partial charge in [0.25, 0.3) is 0 Å². The summed E-state index contributed by atoms with van der Waals surface area (Å²) in [6.45, 7) is -0.255. The van der Waals surface area contributed by atoms with Crippen molar-refractivity contribution in [1.29, 1.82) is 0 Å². The predicted octanol–water partition coefficient (Wildman–Crippen LogP) is 5.04. The van der Waals surface area contributed by atoms with E-state index in [1.807, 2.05) is 0 Å². The van der Waals surface area contributed by atoms with Crippen LogP contribution < -0.4 is 4.72 Å². The molecule has 0 unspecified atom stereocenters. The summed E-state index contributed by atoms with van der Waals surface area (Å²) in [5, 5.41) is 0.216. The molecule has 152 valence electrons. The van der Waals surface area contributed by atoms with Gasteiger partial charge < -0.3 is 0 Å². The molecule has 1 N–H and O–H groups in total. The highest BCUT2D eigenvalue weighted by atomic mass is 35.5. The van der Waals surface area contributed by atoms with Gasteiger partial charge in [0.2, 0.25) is 10.0 Å². The molecule has 29 heavy (non-hydrogen) atoms. The van der Waals surface area contributed by atoms with E-state index in [4.69, 9.17) is 11.6 Å². The number of halogens is 5. The Morgan fingerprint density at radius 3 is 2.48 bits per heavy atom. The molecule has 10 heteroatoms. The Hall–Kier alpha value is -2.49. The summed E-state index contributed by atoms with van der Waals surface area (Å²) >= 11 is 6.03. The van der Waals surface area contributed by atoms with E-state index in [2.05, 4.69) is 9.71 Å². The Balaban J connectivity index is 1.85. The highest BCUT2D eigenvalue weighted by Gasteiger charge is 2.31. The van der Waals surface area contributed by atoms with Crippen LogP contribution in [0.25, 0.3) is 11.1 Å². The molecule has 0 bridgehead atoms. The number of rotatable bonds is 5. The van der Waals surface area contributed by atoms with Gasteiger partial charge in [0.05, 0.1) is 15.5 Å². The van der Waals surface area contributed by atoms with Crippen molar-refractivity contribution in [2.75, 3.05) is 0 Å². The summed E-state index contributed by atoms with van der Waals surface area (Å²) in [4.78, 5) is 3.30. The Labute approximate surface area is 169 Å². The van der Waals surface area contributed by atoms with Gasteiger partial charge in [0, 0.05) is 30.1 Å². The van der Waals surface area contributed by atoms with Gasteiger partial charge in [-0.2, -0.15) is 13.2 Å². The molecule has 0 aliphatic carbocycles. The standard InChI is InChI=1S/C19H13ClF4N2O2S/c20-17-11-25-7-6-15(17)16-8-12(4-5-18(16)21)10-26-29(27,28)14-3-1-2-13(9-14)19(22,23)24/h1-9,11,26H,10H2. The van der Waals surface area contributed by atoms with Gasteiger partial charge >= 0.3 is 6.18 Å². The molecule has 0 amide bonds. The lowest BCUT2D eigenvalue weighted by molar-refractivity contribution is -0.137. The van der Waals surface area contributed by atoms with Crippen LogP contribution in [-0.2, 0) is 22.7 Å². The zero-order valence-corrected chi connectivity index (χ0v) is 16.1. The first-order chi connectivity index (χ1) is 13.6. The minimum absolute atomic E-state index is 0.146. The zero-order chi connectivity index (χ0) is 21.2. The van der Waals surface area contributed by atoms with Gasteiger partial charge in [0.15, 0.2) is 0 Å². The molecule has 0 atom stereocenters. The normalized spacial score (nSPS) is 12.2. The topological polar surface area (TPSA) is 59.1 Å². The van der Waals surface area contributed by atoms with E-state index in [-0.39, 0.29) is 17.1 Å². The molecule has 0 aliphatic rings. The molecule has 0 saturated carbocycles. The minimum atomic E-state index is -4.67. The Kier molecular flexibility index (Phi) is 5.92. The molecule has 4 nitrogen and oxygen atoms in total. The summed E-state index contributed by atoms with van der Waals surface area (Å²) in [5.41, 5.74) is -0.156. The Morgan fingerprint density at radius 2 is 1.79 bits per heavy atom. The van der Waals surface area contributed by atoms with Crippen LogP contribution in [-0.4, -0.2) is 13.4 Å². The van der Waals surface area contributed by atoms with E-state index in [0.717, 1.165) is 24.3 Å². The van der Waals surface area contributed by atoms with Crippen LogP contribution >= 0.6 is 11.6 Å². The van der Waals surface area contributed by atoms with Crippen molar-refractivity contribution >= 4 is 21.6 Å². The number of sulfonamides is 1. The van der Waals surface area contributed by atoms with Crippen LogP contribution in [0.15, 0.2) is 65.8 Å². The van der Waals surface area contributed by atoms with Crippen LogP contribution in [0.5, 0.6) is 0 Å². The van der Waals surface area contributed by atoms with Crippen molar-refractivity contribution in [3.63, 3.8) is 0 Å². The Morgan fingerprint density at radius 1 is 1.03 bits per heavy atom. The zero-order valence-electron chi connectivity index (χ0n) is 14.5. The number of nitrogens with zero attached hydrogens (tertiary/aromatic N) is 1. The third-order valence-electron chi connectivity index (χ3n) is 4.03. The van der Waals surface area contributed by atoms with Crippen molar-refractivity contribution < 1.29 is 26.0 Å². The van der Waals surface area contributed by atoms with E-state index < -0.39 is 32.5 Å². The molecule has 3 rings (SSSR count). The van der Waals surface area contributed by atoms with Crippen LogP contribution in [0.2, 0.25) is 5.02 Å². The van der Waals surface area contributed by atoms with Gasteiger partial charge in [0.1, 0.15) is 5.82 Å². The second-order valence-corrected chi connectivity index (χ2v) is 8.19. The maximum Gasteiger partial charge on any atom is 0.416 e. The lowest BCUT2D eigenvalue weighted by Crippen LogP contribution is -2.23. The highest BCUT2D eigenvalue weighted by molar-refractivity contribution is 7.89. The molecule has 0 saturated heterocycles. The van der Waals surface area contributed by atoms with E-state index in [1.165, 1.54) is 30.6 Å². The fourth-order valence-electron chi connectivity index (χ4n) is 2.58. The van der Waals surface area contributed by atoms with Crippen molar-refractivity contribution in [3.05, 3.63) is 82.9 Å². The smallest absolute Gasteiger partial charge is 0.263 e. The fourth-order valence-corrected chi connectivity index (χ4v) is 3.87. The third kappa shape index (κ3) is 4.92. The van der Waals surface area contributed by atoms with Gasteiger partial charge in [-0.25, -0.2) is 17.5 Å². The number of pyridine rings is 1. The second-order valence-electron chi connectivity index (χ2n) is 6.02.